The number of aromatic amines is 1. The van der Waals surface area contributed by atoms with Crippen LogP contribution in [0.4, 0.5) is 0 Å². The second-order valence-corrected chi connectivity index (χ2v) is 6.90. The molecule has 3 rings (SSSR count). The number of hydrogen-bond acceptors (Lipinski definition) is 4. The zero-order valence-corrected chi connectivity index (χ0v) is 14.7. The molecule has 6 heteroatoms. The summed E-state index contributed by atoms with van der Waals surface area (Å²) in [5, 5.41) is 7.70. The summed E-state index contributed by atoms with van der Waals surface area (Å²) in [6, 6.07) is 3.66. The van der Waals surface area contributed by atoms with Crippen LogP contribution in [0.15, 0.2) is 18.3 Å². The van der Waals surface area contributed by atoms with E-state index in [4.69, 9.17) is 4.74 Å². The van der Waals surface area contributed by atoms with Gasteiger partial charge in [-0.15, -0.1) is 0 Å². The lowest BCUT2D eigenvalue weighted by molar-refractivity contribution is -0.0963. The average molecular weight is 330 g/mol. The van der Waals surface area contributed by atoms with Crippen molar-refractivity contribution in [2.24, 2.45) is 5.92 Å². The Kier molecular flexibility index (Phi) is 5.14. The van der Waals surface area contributed by atoms with Crippen LogP contribution in [0.3, 0.4) is 0 Å². The molecule has 0 radical (unpaired) electrons. The van der Waals surface area contributed by atoms with E-state index < -0.39 is 0 Å². The number of nitrogens with one attached hydrogen (secondary N) is 1. The number of nitrogens with zero attached hydrogens (tertiary/aromatic N) is 3. The number of carbonyl (C=O) groups excluding carboxylic acids is 1. The fraction of sp³-hybridized carbons (Fsp3) is 0.611. The van der Waals surface area contributed by atoms with E-state index in [-0.39, 0.29) is 18.1 Å². The van der Waals surface area contributed by atoms with Gasteiger partial charge in [0.25, 0.3) is 5.91 Å². The molecule has 1 aliphatic rings. The first-order valence-electron chi connectivity index (χ1n) is 8.83. The maximum Gasteiger partial charge on any atom is 0.272 e. The molecule has 2 aromatic heterocycles. The number of amides is 1. The van der Waals surface area contributed by atoms with Crippen molar-refractivity contribution in [1.82, 2.24) is 20.1 Å². The van der Waals surface area contributed by atoms with E-state index in [1.54, 1.807) is 12.3 Å². The van der Waals surface area contributed by atoms with Gasteiger partial charge in [0, 0.05) is 18.5 Å². The minimum absolute atomic E-state index is 0.0260. The first-order valence-corrected chi connectivity index (χ1v) is 8.83. The molecule has 0 spiro atoms. The summed E-state index contributed by atoms with van der Waals surface area (Å²) < 4.78 is 6.19. The highest BCUT2D eigenvalue weighted by Crippen LogP contribution is 2.22. The number of pyridine rings is 1. The van der Waals surface area contributed by atoms with Gasteiger partial charge in [-0.25, -0.2) is 4.98 Å². The number of H-pyrrole nitrogens is 1. The Hall–Kier alpha value is -1.95. The predicted octanol–water partition coefficient (Wildman–Crippen LogP) is 3.01. The molecule has 24 heavy (non-hydrogen) atoms. The highest BCUT2D eigenvalue weighted by Gasteiger charge is 2.32. The second-order valence-electron chi connectivity index (χ2n) is 6.90. The van der Waals surface area contributed by atoms with Gasteiger partial charge in [-0.05, 0) is 24.5 Å². The smallest absolute Gasteiger partial charge is 0.272 e. The van der Waals surface area contributed by atoms with Gasteiger partial charge in [0.05, 0.1) is 18.4 Å². The summed E-state index contributed by atoms with van der Waals surface area (Å²) in [6.45, 7) is 7.73. The van der Waals surface area contributed by atoms with E-state index in [0.29, 0.717) is 30.3 Å². The van der Waals surface area contributed by atoms with Crippen LogP contribution < -0.4 is 0 Å². The van der Waals surface area contributed by atoms with Crippen molar-refractivity contribution in [1.29, 1.82) is 0 Å². The Balaban J connectivity index is 1.78. The molecule has 0 unspecified atom stereocenters. The van der Waals surface area contributed by atoms with Crippen molar-refractivity contribution < 1.29 is 9.53 Å². The number of ether oxygens (including phenoxy) is 1. The SMILES string of the molecule is CCCC[C@@H]1CN(C(=O)c2ccc3cn[nH]c3n2)C[C@H](C(C)C)O1. The summed E-state index contributed by atoms with van der Waals surface area (Å²) in [7, 11) is 0. The molecule has 1 saturated heterocycles. The van der Waals surface area contributed by atoms with Crippen LogP contribution in [-0.4, -0.2) is 51.3 Å². The third kappa shape index (κ3) is 3.59. The molecule has 0 aliphatic carbocycles. The molecule has 1 N–H and O–H groups in total. The van der Waals surface area contributed by atoms with E-state index in [0.717, 1.165) is 24.6 Å². The Bertz CT molecular complexity index is 697. The Morgan fingerprint density at radius 1 is 1.42 bits per heavy atom. The number of rotatable bonds is 5. The number of fused-ring (bicyclic) bond motifs is 1. The van der Waals surface area contributed by atoms with Crippen LogP contribution in [0.2, 0.25) is 0 Å². The van der Waals surface area contributed by atoms with Crippen LogP contribution in [0.1, 0.15) is 50.5 Å². The summed E-state index contributed by atoms with van der Waals surface area (Å²) in [5.74, 6) is 0.356. The quantitative estimate of drug-likeness (QED) is 0.915. The number of unbranched alkanes of at least 4 members (excludes halogenated alkanes) is 1. The lowest BCUT2D eigenvalue weighted by atomic mass is 10.0. The molecular weight excluding hydrogens is 304 g/mol. The minimum atomic E-state index is -0.0260. The molecule has 1 fully saturated rings. The fourth-order valence-electron chi connectivity index (χ4n) is 3.10. The maximum absolute atomic E-state index is 12.9. The molecule has 2 atom stereocenters. The van der Waals surface area contributed by atoms with Crippen LogP contribution >= 0.6 is 0 Å². The van der Waals surface area contributed by atoms with Crippen molar-refractivity contribution in [3.05, 3.63) is 24.0 Å². The first kappa shape index (κ1) is 16.9. The van der Waals surface area contributed by atoms with Crippen LogP contribution in [-0.2, 0) is 4.74 Å². The van der Waals surface area contributed by atoms with Crippen molar-refractivity contribution in [3.8, 4) is 0 Å². The average Bonchev–Trinajstić information content (AvgIpc) is 3.06. The number of aromatic nitrogens is 3. The molecular formula is C18H26N4O2. The molecule has 1 amide bonds. The van der Waals surface area contributed by atoms with Gasteiger partial charge in [-0.2, -0.15) is 5.10 Å². The van der Waals surface area contributed by atoms with E-state index >= 15 is 0 Å². The van der Waals surface area contributed by atoms with Gasteiger partial charge in [-0.3, -0.25) is 9.89 Å². The largest absolute Gasteiger partial charge is 0.371 e. The third-order valence-electron chi connectivity index (χ3n) is 4.62. The second kappa shape index (κ2) is 7.30. The van der Waals surface area contributed by atoms with Crippen LogP contribution in [0.5, 0.6) is 0 Å². The van der Waals surface area contributed by atoms with Gasteiger partial charge < -0.3 is 9.64 Å². The summed E-state index contributed by atoms with van der Waals surface area (Å²) in [4.78, 5) is 19.2. The fourth-order valence-corrected chi connectivity index (χ4v) is 3.10. The van der Waals surface area contributed by atoms with Gasteiger partial charge in [0.15, 0.2) is 5.65 Å². The monoisotopic (exact) mass is 330 g/mol. The number of morpholine rings is 1. The zero-order valence-electron chi connectivity index (χ0n) is 14.7. The summed E-state index contributed by atoms with van der Waals surface area (Å²) >= 11 is 0. The molecule has 1 aliphatic heterocycles. The highest BCUT2D eigenvalue weighted by molar-refractivity contribution is 5.94. The van der Waals surface area contributed by atoms with Gasteiger partial charge in [0.2, 0.25) is 0 Å². The standard InChI is InChI=1S/C18H26N4O2/c1-4-5-6-14-10-22(11-16(24-14)12(2)3)18(23)15-8-7-13-9-19-21-17(13)20-15/h7-9,12,14,16H,4-6,10-11H2,1-3H3,(H,19,20,21)/t14-,16-/m1/s1. The van der Waals surface area contributed by atoms with E-state index in [9.17, 15) is 4.79 Å². The molecule has 0 bridgehead atoms. The van der Waals surface area contributed by atoms with E-state index in [1.165, 1.54) is 0 Å². The van der Waals surface area contributed by atoms with Crippen molar-refractivity contribution in [2.45, 2.75) is 52.2 Å². The molecule has 0 aromatic carbocycles. The normalized spacial score (nSPS) is 21.6. The molecule has 3 heterocycles. The lowest BCUT2D eigenvalue weighted by Crippen LogP contribution is -2.51. The van der Waals surface area contributed by atoms with Gasteiger partial charge >= 0.3 is 0 Å². The van der Waals surface area contributed by atoms with Crippen molar-refractivity contribution in [2.75, 3.05) is 13.1 Å². The third-order valence-corrected chi connectivity index (χ3v) is 4.62. The molecule has 2 aromatic rings. The minimum Gasteiger partial charge on any atom is -0.371 e. The van der Waals surface area contributed by atoms with E-state index in [2.05, 4.69) is 36.0 Å². The Morgan fingerprint density at radius 2 is 2.25 bits per heavy atom. The van der Waals surface area contributed by atoms with Crippen molar-refractivity contribution >= 4 is 16.9 Å². The molecule has 0 saturated carbocycles. The van der Waals surface area contributed by atoms with Crippen molar-refractivity contribution in [3.63, 3.8) is 0 Å². The number of hydrogen-bond donors (Lipinski definition) is 1. The summed E-state index contributed by atoms with van der Waals surface area (Å²) in [6.07, 6.45) is 5.16. The van der Waals surface area contributed by atoms with Gasteiger partial charge in [0.1, 0.15) is 5.69 Å². The molecule has 6 nitrogen and oxygen atoms in total. The zero-order chi connectivity index (χ0) is 17.1. The topological polar surface area (TPSA) is 71.1 Å². The summed E-state index contributed by atoms with van der Waals surface area (Å²) in [5.41, 5.74) is 1.11. The van der Waals surface area contributed by atoms with Crippen LogP contribution in [0, 0.1) is 5.92 Å². The van der Waals surface area contributed by atoms with Gasteiger partial charge in [-0.1, -0.05) is 33.6 Å². The Morgan fingerprint density at radius 3 is 3.00 bits per heavy atom. The number of carbonyl (C=O) groups is 1. The predicted molar refractivity (Wildman–Crippen MR) is 92.8 cm³/mol. The maximum atomic E-state index is 12.9. The first-order chi connectivity index (χ1) is 11.6. The van der Waals surface area contributed by atoms with Crippen LogP contribution in [0.25, 0.3) is 11.0 Å². The lowest BCUT2D eigenvalue weighted by Gasteiger charge is -2.39. The molecule has 130 valence electrons. The highest BCUT2D eigenvalue weighted by atomic mass is 16.5. The van der Waals surface area contributed by atoms with E-state index in [1.807, 2.05) is 11.0 Å². The Labute approximate surface area is 142 Å².